The predicted octanol–water partition coefficient (Wildman–Crippen LogP) is 0.174. The molecule has 0 heterocycles. The molecular formula is C17H38NNaO5P+. The van der Waals surface area contributed by atoms with Gasteiger partial charge in [-0.3, -0.25) is 9.05 Å². The number of unbranched alkanes of at least 4 members (excludes halogenated alkanes) is 9. The summed E-state index contributed by atoms with van der Waals surface area (Å²) in [5.41, 5.74) is -1.37. The maximum atomic E-state index is 10.7. The Morgan fingerprint density at radius 2 is 1.40 bits per heavy atom. The molecule has 0 saturated heterocycles. The fourth-order valence-corrected chi connectivity index (χ4v) is 3.02. The number of phosphoric acid groups is 1. The van der Waals surface area contributed by atoms with Crippen molar-refractivity contribution in [2.45, 2.75) is 83.8 Å². The summed E-state index contributed by atoms with van der Waals surface area (Å²) in [7, 11) is -1.13. The Balaban J connectivity index is 0. The zero-order valence-electron chi connectivity index (χ0n) is 17.0. The van der Waals surface area contributed by atoms with Gasteiger partial charge in [-0.2, -0.15) is 0 Å². The first kappa shape index (κ1) is 28.2. The Kier molecular flexibility index (Phi) is 15.9. The van der Waals surface area contributed by atoms with E-state index in [0.29, 0.717) is 0 Å². The number of quaternary nitrogens is 1. The van der Waals surface area contributed by atoms with Crippen LogP contribution in [0, 0.1) is 0 Å². The molecule has 0 bridgehead atoms. The minimum atomic E-state index is -4.81. The third kappa shape index (κ3) is 14.7. The van der Waals surface area contributed by atoms with Crippen LogP contribution in [-0.4, -0.2) is 47.5 Å². The summed E-state index contributed by atoms with van der Waals surface area (Å²) in [5.74, 6) is 0. The fourth-order valence-electron chi connectivity index (χ4n) is 2.61. The molecule has 0 amide bonds. The summed E-state index contributed by atoms with van der Waals surface area (Å²) in [5, 5.41) is 10.4. The quantitative estimate of drug-likeness (QED) is 0.137. The van der Waals surface area contributed by atoms with Gasteiger partial charge in [-0.15, -0.1) is 0 Å². The van der Waals surface area contributed by atoms with E-state index in [-0.39, 0.29) is 34.0 Å². The zero-order valence-corrected chi connectivity index (χ0v) is 19.9. The molecule has 0 aliphatic heterocycles. The Morgan fingerprint density at radius 3 is 1.80 bits per heavy atom. The third-order valence-electron chi connectivity index (χ3n) is 4.88. The van der Waals surface area contributed by atoms with Crippen molar-refractivity contribution in [3.05, 3.63) is 0 Å². The van der Waals surface area contributed by atoms with Gasteiger partial charge in [-0.05, 0) is 12.8 Å². The number of rotatable bonds is 15. The average Bonchev–Trinajstić information content (AvgIpc) is 2.46. The fraction of sp³-hybridized carbons (Fsp3) is 1.00. The summed E-state index contributed by atoms with van der Waals surface area (Å²) in [6.45, 7) is 4.03. The molecule has 0 rings (SSSR count). The Morgan fingerprint density at radius 1 is 1.00 bits per heavy atom. The van der Waals surface area contributed by atoms with Crippen molar-refractivity contribution in [2.75, 3.05) is 27.2 Å². The van der Waals surface area contributed by atoms with Crippen LogP contribution in [0.15, 0.2) is 0 Å². The number of likely N-dealkylation sites (N-methyl/N-ethyl adjacent to an activating group) is 1. The third-order valence-corrected chi connectivity index (χ3v) is 5.33. The Bertz CT molecular complexity index is 374. The van der Waals surface area contributed by atoms with Crippen molar-refractivity contribution in [1.82, 2.24) is 0 Å². The zero-order chi connectivity index (χ0) is 18.7. The molecule has 0 aliphatic rings. The van der Waals surface area contributed by atoms with E-state index < -0.39 is 20.2 Å². The summed E-state index contributed by atoms with van der Waals surface area (Å²) in [6, 6.07) is 0. The van der Waals surface area contributed by atoms with E-state index in [4.69, 9.17) is 4.89 Å². The van der Waals surface area contributed by atoms with Crippen LogP contribution in [0.1, 0.15) is 78.1 Å². The van der Waals surface area contributed by atoms with E-state index in [1.54, 1.807) is 0 Å². The van der Waals surface area contributed by atoms with E-state index in [1.807, 2.05) is 14.1 Å². The van der Waals surface area contributed by atoms with Crippen LogP contribution in [0.2, 0.25) is 0 Å². The normalized spacial score (nSPS) is 16.8. The van der Waals surface area contributed by atoms with Crippen LogP contribution in [-0.2, 0) is 9.09 Å². The second kappa shape index (κ2) is 14.1. The molecule has 0 fully saturated rings. The van der Waals surface area contributed by atoms with Crippen molar-refractivity contribution in [2.24, 2.45) is 0 Å². The summed E-state index contributed by atoms with van der Waals surface area (Å²) >= 11 is 0. The SMILES string of the molecule is CCCCCCCCCCCC[N+](C)(C)C(C)(O)COP(=O)([O-])O.[Na+]. The van der Waals surface area contributed by atoms with Gasteiger partial charge in [0.05, 0.1) is 20.6 Å². The molecule has 0 saturated carbocycles. The Hall–Kier alpha value is 1.03. The van der Waals surface area contributed by atoms with Gasteiger partial charge in [0, 0.05) is 6.92 Å². The minimum Gasteiger partial charge on any atom is -0.756 e. The molecule has 2 unspecified atom stereocenters. The van der Waals surface area contributed by atoms with Gasteiger partial charge in [0.2, 0.25) is 5.72 Å². The molecule has 0 aromatic heterocycles. The first-order chi connectivity index (χ1) is 11.0. The number of phosphoric ester groups is 1. The van der Waals surface area contributed by atoms with Crippen molar-refractivity contribution in [3.63, 3.8) is 0 Å². The molecule has 8 heteroatoms. The van der Waals surface area contributed by atoms with Crippen molar-refractivity contribution < 1.29 is 58.0 Å². The van der Waals surface area contributed by atoms with Crippen molar-refractivity contribution >= 4 is 7.82 Å². The van der Waals surface area contributed by atoms with E-state index in [1.165, 1.54) is 58.3 Å². The van der Waals surface area contributed by atoms with Crippen LogP contribution < -0.4 is 34.5 Å². The first-order valence-electron chi connectivity index (χ1n) is 9.25. The monoisotopic (exact) mass is 390 g/mol. The van der Waals surface area contributed by atoms with Crippen molar-refractivity contribution in [3.8, 4) is 0 Å². The van der Waals surface area contributed by atoms with Crippen LogP contribution in [0.4, 0.5) is 0 Å². The van der Waals surface area contributed by atoms with E-state index in [0.717, 1.165) is 19.4 Å². The molecule has 0 aromatic carbocycles. The van der Waals surface area contributed by atoms with Gasteiger partial charge in [0.1, 0.15) is 6.61 Å². The number of nitrogens with zero attached hydrogens (tertiary/aromatic N) is 1. The van der Waals surface area contributed by atoms with Crippen LogP contribution in [0.25, 0.3) is 0 Å². The van der Waals surface area contributed by atoms with Gasteiger partial charge >= 0.3 is 29.6 Å². The van der Waals surface area contributed by atoms with Gasteiger partial charge in [0.25, 0.3) is 7.82 Å². The molecule has 25 heavy (non-hydrogen) atoms. The number of hydrogen-bond donors (Lipinski definition) is 2. The topological polar surface area (TPSA) is 89.8 Å². The maximum Gasteiger partial charge on any atom is 1.00 e. The minimum absolute atomic E-state index is 0. The second-order valence-electron chi connectivity index (χ2n) is 7.55. The van der Waals surface area contributed by atoms with Crippen LogP contribution in [0.3, 0.4) is 0 Å². The summed E-state index contributed by atoms with van der Waals surface area (Å²) < 4.78 is 15.3. The molecular weight excluding hydrogens is 352 g/mol. The molecule has 0 spiro atoms. The molecule has 2 atom stereocenters. The summed E-state index contributed by atoms with van der Waals surface area (Å²) in [4.78, 5) is 19.4. The maximum absolute atomic E-state index is 10.7. The molecule has 6 nitrogen and oxygen atoms in total. The standard InChI is InChI=1S/C17H38NO5P.Na/c1-5-6-7-8-9-10-11-12-13-14-15-18(3,4)17(2,19)16-23-24(20,21)22;/h19H,5-16H2,1-4H3,(H-,20,21,22);/q;+1. The smallest absolute Gasteiger partial charge is 0.756 e. The van der Waals surface area contributed by atoms with E-state index in [9.17, 15) is 14.6 Å². The Labute approximate surface area is 176 Å². The van der Waals surface area contributed by atoms with Gasteiger partial charge in [0.15, 0.2) is 0 Å². The van der Waals surface area contributed by atoms with Crippen molar-refractivity contribution in [1.29, 1.82) is 0 Å². The largest absolute Gasteiger partial charge is 1.00 e. The van der Waals surface area contributed by atoms with Gasteiger partial charge in [-0.1, -0.05) is 58.3 Å². The average molecular weight is 390 g/mol. The van der Waals surface area contributed by atoms with Crippen LogP contribution in [0.5, 0.6) is 0 Å². The molecule has 0 radical (unpaired) electrons. The van der Waals surface area contributed by atoms with Crippen LogP contribution >= 0.6 is 7.82 Å². The molecule has 146 valence electrons. The van der Waals surface area contributed by atoms with E-state index in [2.05, 4.69) is 11.4 Å². The predicted molar refractivity (Wildman–Crippen MR) is 95.2 cm³/mol. The molecule has 0 aromatic rings. The number of aliphatic hydroxyl groups is 1. The van der Waals surface area contributed by atoms with Gasteiger partial charge in [-0.25, -0.2) is 0 Å². The summed E-state index contributed by atoms with van der Waals surface area (Å²) in [6.07, 6.45) is 12.5. The molecule has 0 aliphatic carbocycles. The van der Waals surface area contributed by atoms with Gasteiger partial charge < -0.3 is 19.4 Å². The number of hydrogen-bond acceptors (Lipinski definition) is 4. The first-order valence-corrected chi connectivity index (χ1v) is 10.8. The van der Waals surface area contributed by atoms with E-state index >= 15 is 0 Å². The molecule has 2 N–H and O–H groups in total. The second-order valence-corrected chi connectivity index (χ2v) is 8.74.